The summed E-state index contributed by atoms with van der Waals surface area (Å²) in [4.78, 5) is 4.35. The van der Waals surface area contributed by atoms with Crippen molar-refractivity contribution < 1.29 is 9.47 Å². The molecule has 4 nitrogen and oxygen atoms in total. The minimum atomic E-state index is 0.452. The summed E-state index contributed by atoms with van der Waals surface area (Å²) in [6, 6.07) is 7.43. The van der Waals surface area contributed by atoms with Gasteiger partial charge in [0.1, 0.15) is 11.5 Å². The summed E-state index contributed by atoms with van der Waals surface area (Å²) in [5, 5.41) is 0. The zero-order chi connectivity index (χ0) is 14.7. The van der Waals surface area contributed by atoms with Crippen molar-refractivity contribution in [3.63, 3.8) is 0 Å². The van der Waals surface area contributed by atoms with Crippen molar-refractivity contribution in [2.75, 3.05) is 7.11 Å². The normalized spacial score (nSPS) is 10.4. The molecule has 106 valence electrons. The number of hydrogen-bond donors (Lipinski definition) is 1. The molecule has 0 fully saturated rings. The van der Waals surface area contributed by atoms with Gasteiger partial charge in [-0.25, -0.2) is 4.98 Å². The molecular formula is C14H14Br2N2O2. The molecular weight excluding hydrogens is 388 g/mol. The van der Waals surface area contributed by atoms with Gasteiger partial charge in [0, 0.05) is 18.3 Å². The van der Waals surface area contributed by atoms with E-state index >= 15 is 0 Å². The standard InChI is InChI=1S/C14H14Br2N2O2/c1-8-3-9(7-17)4-14(18-8)20-13-6-10(15)12(19-2)5-11(13)16/h3-6H,7,17H2,1-2H3. The molecule has 0 saturated carbocycles. The van der Waals surface area contributed by atoms with Crippen LogP contribution in [0.15, 0.2) is 33.2 Å². The molecule has 1 aromatic carbocycles. The van der Waals surface area contributed by atoms with Crippen LogP contribution >= 0.6 is 31.9 Å². The first-order chi connectivity index (χ1) is 9.53. The summed E-state index contributed by atoms with van der Waals surface area (Å²) in [6.07, 6.45) is 0. The lowest BCUT2D eigenvalue weighted by molar-refractivity contribution is 0.408. The molecule has 2 N–H and O–H groups in total. The second kappa shape index (κ2) is 6.56. The lowest BCUT2D eigenvalue weighted by Gasteiger charge is -2.11. The SMILES string of the molecule is COc1cc(Br)c(Oc2cc(CN)cc(C)n2)cc1Br. The van der Waals surface area contributed by atoms with E-state index in [0.29, 0.717) is 18.2 Å². The zero-order valence-electron chi connectivity index (χ0n) is 11.1. The Morgan fingerprint density at radius 2 is 1.75 bits per heavy atom. The first kappa shape index (κ1) is 15.3. The number of nitrogens with zero attached hydrogens (tertiary/aromatic N) is 1. The third-order valence-corrected chi connectivity index (χ3v) is 3.89. The van der Waals surface area contributed by atoms with Gasteiger partial charge in [-0.15, -0.1) is 0 Å². The second-order valence-electron chi connectivity index (χ2n) is 4.18. The third kappa shape index (κ3) is 3.50. The number of hydrogen-bond acceptors (Lipinski definition) is 4. The summed E-state index contributed by atoms with van der Waals surface area (Å²) >= 11 is 6.89. The number of ether oxygens (including phenoxy) is 2. The van der Waals surface area contributed by atoms with Gasteiger partial charge in [0.2, 0.25) is 5.88 Å². The molecule has 0 amide bonds. The van der Waals surface area contributed by atoms with E-state index in [4.69, 9.17) is 15.2 Å². The minimum Gasteiger partial charge on any atom is -0.496 e. The molecule has 0 bridgehead atoms. The van der Waals surface area contributed by atoms with Crippen LogP contribution in [0.2, 0.25) is 0 Å². The highest BCUT2D eigenvalue weighted by Gasteiger charge is 2.10. The fraction of sp³-hybridized carbons (Fsp3) is 0.214. The smallest absolute Gasteiger partial charge is 0.219 e. The van der Waals surface area contributed by atoms with Crippen LogP contribution in [0.3, 0.4) is 0 Å². The average molecular weight is 402 g/mol. The maximum Gasteiger partial charge on any atom is 0.219 e. The van der Waals surface area contributed by atoms with Gasteiger partial charge in [-0.3, -0.25) is 0 Å². The van der Waals surface area contributed by atoms with E-state index in [2.05, 4.69) is 36.8 Å². The zero-order valence-corrected chi connectivity index (χ0v) is 14.3. The second-order valence-corrected chi connectivity index (χ2v) is 5.89. The van der Waals surface area contributed by atoms with Gasteiger partial charge < -0.3 is 15.2 Å². The number of rotatable bonds is 4. The van der Waals surface area contributed by atoms with Crippen molar-refractivity contribution in [3.8, 4) is 17.4 Å². The van der Waals surface area contributed by atoms with Gasteiger partial charge in [0.05, 0.1) is 16.1 Å². The van der Waals surface area contributed by atoms with Gasteiger partial charge in [-0.1, -0.05) is 0 Å². The van der Waals surface area contributed by atoms with E-state index in [0.717, 1.165) is 26.0 Å². The van der Waals surface area contributed by atoms with E-state index in [9.17, 15) is 0 Å². The van der Waals surface area contributed by atoms with Gasteiger partial charge >= 0.3 is 0 Å². The van der Waals surface area contributed by atoms with Gasteiger partial charge in [-0.2, -0.15) is 0 Å². The van der Waals surface area contributed by atoms with E-state index < -0.39 is 0 Å². The third-order valence-electron chi connectivity index (χ3n) is 2.65. The molecule has 0 unspecified atom stereocenters. The fourth-order valence-electron chi connectivity index (χ4n) is 1.73. The number of aromatic nitrogens is 1. The van der Waals surface area contributed by atoms with Crippen LogP contribution in [0.25, 0.3) is 0 Å². The summed E-state index contributed by atoms with van der Waals surface area (Å²) < 4.78 is 12.6. The highest BCUT2D eigenvalue weighted by atomic mass is 79.9. The van der Waals surface area contributed by atoms with Crippen molar-refractivity contribution in [2.24, 2.45) is 5.73 Å². The molecule has 6 heteroatoms. The molecule has 0 aliphatic rings. The van der Waals surface area contributed by atoms with Crippen LogP contribution in [0.4, 0.5) is 0 Å². The predicted molar refractivity (Wildman–Crippen MR) is 85.3 cm³/mol. The molecule has 2 rings (SSSR count). The number of methoxy groups -OCH3 is 1. The van der Waals surface area contributed by atoms with Crippen molar-refractivity contribution >= 4 is 31.9 Å². The Morgan fingerprint density at radius 3 is 2.40 bits per heavy atom. The number of benzene rings is 1. The highest BCUT2D eigenvalue weighted by molar-refractivity contribution is 9.11. The van der Waals surface area contributed by atoms with Crippen molar-refractivity contribution in [3.05, 3.63) is 44.5 Å². The van der Waals surface area contributed by atoms with Crippen LogP contribution in [0.1, 0.15) is 11.3 Å². The molecule has 1 aromatic heterocycles. The molecule has 0 radical (unpaired) electrons. The van der Waals surface area contributed by atoms with Crippen LogP contribution < -0.4 is 15.2 Å². The Labute approximate surface area is 134 Å². The first-order valence-electron chi connectivity index (χ1n) is 5.92. The Bertz CT molecular complexity index is 633. The lowest BCUT2D eigenvalue weighted by Crippen LogP contribution is -1.99. The van der Waals surface area contributed by atoms with E-state index in [1.54, 1.807) is 7.11 Å². The average Bonchev–Trinajstić information content (AvgIpc) is 2.41. The lowest BCUT2D eigenvalue weighted by atomic mass is 10.2. The van der Waals surface area contributed by atoms with E-state index in [1.165, 1.54) is 0 Å². The number of halogens is 2. The Morgan fingerprint density at radius 1 is 1.10 bits per heavy atom. The van der Waals surface area contributed by atoms with Gasteiger partial charge in [-0.05, 0) is 62.5 Å². The van der Waals surface area contributed by atoms with Crippen LogP contribution in [-0.4, -0.2) is 12.1 Å². The largest absolute Gasteiger partial charge is 0.496 e. The molecule has 2 aromatic rings. The monoisotopic (exact) mass is 400 g/mol. The summed E-state index contributed by atoms with van der Waals surface area (Å²) in [5.41, 5.74) is 7.51. The minimum absolute atomic E-state index is 0.452. The summed E-state index contributed by atoms with van der Waals surface area (Å²) in [7, 11) is 1.61. The quantitative estimate of drug-likeness (QED) is 0.834. The number of pyridine rings is 1. The summed E-state index contributed by atoms with van der Waals surface area (Å²) in [6.45, 7) is 2.36. The molecule has 0 saturated heterocycles. The number of nitrogens with two attached hydrogens (primary N) is 1. The molecule has 0 atom stereocenters. The molecule has 1 heterocycles. The van der Waals surface area contributed by atoms with E-state index in [-0.39, 0.29) is 0 Å². The maximum absolute atomic E-state index is 5.81. The van der Waals surface area contributed by atoms with Gasteiger partial charge in [0.15, 0.2) is 0 Å². The van der Waals surface area contributed by atoms with Crippen LogP contribution in [0.5, 0.6) is 17.4 Å². The van der Waals surface area contributed by atoms with Crippen molar-refractivity contribution in [2.45, 2.75) is 13.5 Å². The van der Waals surface area contributed by atoms with Gasteiger partial charge in [0.25, 0.3) is 0 Å². The molecule has 0 aliphatic carbocycles. The molecule has 0 spiro atoms. The van der Waals surface area contributed by atoms with Crippen molar-refractivity contribution in [1.29, 1.82) is 0 Å². The fourth-order valence-corrected chi connectivity index (χ4v) is 2.62. The molecule has 20 heavy (non-hydrogen) atoms. The highest BCUT2D eigenvalue weighted by Crippen LogP contribution is 2.37. The topological polar surface area (TPSA) is 57.4 Å². The first-order valence-corrected chi connectivity index (χ1v) is 7.50. The Hall–Kier alpha value is -1.11. The Kier molecular flexibility index (Phi) is 5.01. The molecule has 0 aliphatic heterocycles. The summed E-state index contributed by atoms with van der Waals surface area (Å²) in [5.74, 6) is 1.89. The predicted octanol–water partition coefficient (Wildman–Crippen LogP) is 4.17. The van der Waals surface area contributed by atoms with Crippen molar-refractivity contribution in [1.82, 2.24) is 4.98 Å². The maximum atomic E-state index is 5.81. The Balaban J connectivity index is 2.35. The van der Waals surface area contributed by atoms with Crippen LogP contribution in [-0.2, 0) is 6.54 Å². The van der Waals surface area contributed by atoms with Crippen LogP contribution in [0, 0.1) is 6.92 Å². The van der Waals surface area contributed by atoms with E-state index in [1.807, 2.05) is 31.2 Å². The number of aryl methyl sites for hydroxylation is 1.